The summed E-state index contributed by atoms with van der Waals surface area (Å²) in [6.45, 7) is 0. The van der Waals surface area contributed by atoms with Crippen molar-refractivity contribution in [2.75, 3.05) is 17.8 Å². The van der Waals surface area contributed by atoms with Crippen molar-refractivity contribution in [3.8, 4) is 0 Å². The summed E-state index contributed by atoms with van der Waals surface area (Å²) in [5, 5.41) is 0.413. The van der Waals surface area contributed by atoms with E-state index in [1.807, 2.05) is 30.3 Å². The van der Waals surface area contributed by atoms with E-state index >= 15 is 0 Å². The van der Waals surface area contributed by atoms with Crippen LogP contribution in [0.1, 0.15) is 23.2 Å². The minimum Gasteiger partial charge on any atom is -0.190 e. The van der Waals surface area contributed by atoms with Crippen molar-refractivity contribution in [3.05, 3.63) is 35.9 Å². The van der Waals surface area contributed by atoms with E-state index in [0.717, 1.165) is 17.1 Å². The second-order valence-corrected chi connectivity index (χ2v) is 7.78. The average Bonchev–Trinajstić information content (AvgIpc) is 2.67. The first-order chi connectivity index (χ1) is 6.72. The van der Waals surface area contributed by atoms with E-state index in [4.69, 9.17) is 0 Å². The van der Waals surface area contributed by atoms with Gasteiger partial charge in [-0.3, -0.25) is 0 Å². The molecular formula is C12H16OS+2. The zero-order valence-corrected chi connectivity index (χ0v) is 9.35. The van der Waals surface area contributed by atoms with Crippen LogP contribution in [0.2, 0.25) is 0 Å². The first-order valence-electron chi connectivity index (χ1n) is 5.05. The van der Waals surface area contributed by atoms with E-state index in [1.165, 1.54) is 12.8 Å². The van der Waals surface area contributed by atoms with Crippen molar-refractivity contribution < 1.29 is 4.79 Å². The quantitative estimate of drug-likeness (QED) is 0.692. The number of hydrogen-bond donors (Lipinski definition) is 0. The van der Waals surface area contributed by atoms with Gasteiger partial charge in [0, 0.05) is 12.8 Å². The molecule has 1 saturated heterocycles. The van der Waals surface area contributed by atoms with Crippen LogP contribution in [0.5, 0.6) is 0 Å². The highest BCUT2D eigenvalue weighted by Gasteiger charge is 2.45. The molecule has 1 aliphatic rings. The average molecular weight is 208 g/mol. The number of carbonyl (C=O) groups excluding carboxylic acids is 1. The van der Waals surface area contributed by atoms with Gasteiger partial charge in [0.25, 0.3) is 0 Å². The Morgan fingerprint density at radius 3 is 2.29 bits per heavy atom. The van der Waals surface area contributed by atoms with Gasteiger partial charge in [-0.25, -0.2) is 0 Å². The van der Waals surface area contributed by atoms with Crippen LogP contribution in [0.15, 0.2) is 30.3 Å². The van der Waals surface area contributed by atoms with Crippen molar-refractivity contribution in [2.45, 2.75) is 12.8 Å². The van der Waals surface area contributed by atoms with Crippen LogP contribution in [-0.2, 0) is 10.0 Å². The Balaban J connectivity index is 2.24. The molecule has 1 fully saturated rings. The molecule has 0 atom stereocenters. The maximum Gasteiger partial charge on any atom is 0.444 e. The van der Waals surface area contributed by atoms with Crippen LogP contribution in [0, 0.1) is 0 Å². The second-order valence-electron chi connectivity index (χ2n) is 4.04. The SMILES string of the molecule is C[S+2]1(C(=O)c2ccccc2)CCCC1. The molecular weight excluding hydrogens is 192 g/mol. The van der Waals surface area contributed by atoms with Crippen LogP contribution in [-0.4, -0.2) is 22.9 Å². The number of hydrogen-bond acceptors (Lipinski definition) is 1. The van der Waals surface area contributed by atoms with E-state index in [1.54, 1.807) is 0 Å². The predicted molar refractivity (Wildman–Crippen MR) is 63.0 cm³/mol. The maximum atomic E-state index is 12.2. The third-order valence-electron chi connectivity index (χ3n) is 2.90. The monoisotopic (exact) mass is 208 g/mol. The minimum atomic E-state index is -0.974. The largest absolute Gasteiger partial charge is 0.444 e. The molecule has 1 aromatic carbocycles. The lowest BCUT2D eigenvalue weighted by Gasteiger charge is -2.13. The normalized spacial score (nSPS) is 19.5. The standard InChI is InChI=1S/C12H16OS/c1-14(9-5-6-10-14)12(13)11-7-3-2-4-8-11/h2-4,7-8H,5-6,9-10H2,1H3/q+2. The number of rotatable bonds is 1. The van der Waals surface area contributed by atoms with E-state index < -0.39 is 10.0 Å². The van der Waals surface area contributed by atoms with Crippen LogP contribution in [0.3, 0.4) is 0 Å². The highest BCUT2D eigenvalue weighted by Crippen LogP contribution is 2.29. The Morgan fingerprint density at radius 2 is 1.71 bits per heavy atom. The van der Waals surface area contributed by atoms with Gasteiger partial charge in [-0.15, -0.1) is 0 Å². The Bertz CT molecular complexity index is 325. The van der Waals surface area contributed by atoms with Crippen molar-refractivity contribution in [2.24, 2.45) is 0 Å². The minimum absolute atomic E-state index is 0.413. The van der Waals surface area contributed by atoms with Crippen LogP contribution in [0.25, 0.3) is 0 Å². The molecule has 0 N–H and O–H groups in total. The van der Waals surface area contributed by atoms with Gasteiger partial charge in [0.1, 0.15) is 11.8 Å². The molecule has 0 aromatic heterocycles. The molecule has 2 rings (SSSR count). The third-order valence-corrected chi connectivity index (χ3v) is 6.41. The first-order valence-corrected chi connectivity index (χ1v) is 7.43. The number of benzene rings is 1. The van der Waals surface area contributed by atoms with Crippen LogP contribution < -0.4 is 0 Å². The van der Waals surface area contributed by atoms with E-state index in [0.29, 0.717) is 5.12 Å². The van der Waals surface area contributed by atoms with Gasteiger partial charge in [-0.05, 0) is 12.1 Å². The topological polar surface area (TPSA) is 17.1 Å². The molecule has 0 saturated carbocycles. The van der Waals surface area contributed by atoms with Crippen LogP contribution in [0.4, 0.5) is 0 Å². The molecule has 1 heterocycles. The Labute approximate surface area is 86.8 Å². The summed E-state index contributed by atoms with van der Waals surface area (Å²) in [4.78, 5) is 12.2. The first kappa shape index (κ1) is 9.78. The molecule has 0 bridgehead atoms. The third kappa shape index (κ3) is 1.71. The van der Waals surface area contributed by atoms with E-state index in [-0.39, 0.29) is 0 Å². The van der Waals surface area contributed by atoms with Gasteiger partial charge in [0.15, 0.2) is 11.5 Å². The lowest BCUT2D eigenvalue weighted by atomic mass is 10.2. The second kappa shape index (κ2) is 3.77. The zero-order chi connectivity index (χ0) is 10.0. The summed E-state index contributed by atoms with van der Waals surface area (Å²) in [6, 6.07) is 9.75. The van der Waals surface area contributed by atoms with Gasteiger partial charge < -0.3 is 0 Å². The lowest BCUT2D eigenvalue weighted by molar-refractivity contribution is 0.108. The van der Waals surface area contributed by atoms with Gasteiger partial charge in [-0.2, -0.15) is 4.79 Å². The molecule has 74 valence electrons. The fourth-order valence-corrected chi connectivity index (χ4v) is 4.95. The van der Waals surface area contributed by atoms with Gasteiger partial charge in [-0.1, -0.05) is 28.2 Å². The van der Waals surface area contributed by atoms with Crippen molar-refractivity contribution >= 4 is 15.1 Å². The molecule has 0 aliphatic carbocycles. The summed E-state index contributed by atoms with van der Waals surface area (Å²) in [6.07, 6.45) is 4.67. The van der Waals surface area contributed by atoms with Crippen molar-refractivity contribution in [1.29, 1.82) is 0 Å². The molecule has 0 unspecified atom stereocenters. The van der Waals surface area contributed by atoms with Gasteiger partial charge in [0.05, 0.1) is 0 Å². The Morgan fingerprint density at radius 1 is 1.14 bits per heavy atom. The van der Waals surface area contributed by atoms with Crippen LogP contribution >= 0.6 is 0 Å². The highest BCUT2D eigenvalue weighted by atomic mass is 32.3. The molecule has 1 nitrogen and oxygen atoms in total. The Kier molecular flexibility index (Phi) is 2.64. The summed E-state index contributed by atoms with van der Waals surface area (Å²) >= 11 is 0. The number of carbonyl (C=O) groups is 1. The molecule has 1 aliphatic heterocycles. The lowest BCUT2D eigenvalue weighted by Crippen LogP contribution is -2.33. The molecule has 0 amide bonds. The van der Waals surface area contributed by atoms with E-state index in [2.05, 4.69) is 6.26 Å². The molecule has 0 radical (unpaired) electrons. The van der Waals surface area contributed by atoms with Crippen molar-refractivity contribution in [3.63, 3.8) is 0 Å². The predicted octanol–water partition coefficient (Wildman–Crippen LogP) is 2.40. The van der Waals surface area contributed by atoms with Gasteiger partial charge >= 0.3 is 5.12 Å². The summed E-state index contributed by atoms with van der Waals surface area (Å²) in [5.74, 6) is 2.28. The Hall–Kier alpha value is -0.760. The maximum absolute atomic E-state index is 12.2. The highest BCUT2D eigenvalue weighted by molar-refractivity contribution is 8.26. The summed E-state index contributed by atoms with van der Waals surface area (Å²) < 4.78 is 0. The molecule has 14 heavy (non-hydrogen) atoms. The summed E-state index contributed by atoms with van der Waals surface area (Å²) in [5.41, 5.74) is 0.909. The fraction of sp³-hybridized carbons (Fsp3) is 0.417. The van der Waals surface area contributed by atoms with Crippen molar-refractivity contribution in [1.82, 2.24) is 0 Å². The molecule has 2 heteroatoms. The molecule has 1 aromatic rings. The van der Waals surface area contributed by atoms with Gasteiger partial charge in [0.2, 0.25) is 0 Å². The summed E-state index contributed by atoms with van der Waals surface area (Å²) in [7, 11) is -0.974. The molecule has 0 spiro atoms. The zero-order valence-electron chi connectivity index (χ0n) is 8.53. The fourth-order valence-electron chi connectivity index (χ4n) is 1.99. The van der Waals surface area contributed by atoms with E-state index in [9.17, 15) is 4.79 Å². The smallest absolute Gasteiger partial charge is 0.190 e.